The number of ether oxygens (including phenoxy) is 2. The number of carbonyl (C=O) groups excluding carboxylic acids is 1. The molecule has 0 N–H and O–H groups in total. The predicted octanol–water partition coefficient (Wildman–Crippen LogP) is 4.28. The van der Waals surface area contributed by atoms with Crippen LogP contribution in [0.3, 0.4) is 0 Å². The zero-order valence-electron chi connectivity index (χ0n) is 12.4. The summed E-state index contributed by atoms with van der Waals surface area (Å²) in [6, 6.07) is 5.26. The Labute approximate surface area is 129 Å². The Balaban J connectivity index is 1.77. The second-order valence-corrected chi connectivity index (χ2v) is 5.58. The smallest absolute Gasteiger partial charge is 0.431 e. The van der Waals surface area contributed by atoms with Crippen molar-refractivity contribution >= 4 is 11.8 Å². The number of carbonyl (C=O) groups is 1. The number of rotatable bonds is 5. The summed E-state index contributed by atoms with van der Waals surface area (Å²) in [6.45, 7) is 3.84. The van der Waals surface area contributed by atoms with Crippen LogP contribution in [0.15, 0.2) is 24.3 Å². The Morgan fingerprint density at radius 2 is 1.91 bits per heavy atom. The fourth-order valence-corrected chi connectivity index (χ4v) is 2.73. The third-order valence-corrected chi connectivity index (χ3v) is 3.83. The van der Waals surface area contributed by atoms with E-state index in [0.29, 0.717) is 5.92 Å². The molecule has 0 bridgehead atoms. The van der Waals surface area contributed by atoms with E-state index in [1.165, 1.54) is 43.5 Å². The molecule has 1 saturated carbocycles. The molecule has 1 aromatic carbocycles. The third kappa shape index (κ3) is 5.02. The maximum absolute atomic E-state index is 11.7. The van der Waals surface area contributed by atoms with Gasteiger partial charge in [-0.1, -0.05) is 32.1 Å². The fourth-order valence-electron chi connectivity index (χ4n) is 2.73. The number of hydrogen-bond donors (Lipinski definition) is 0. The van der Waals surface area contributed by atoms with Crippen molar-refractivity contribution in [1.82, 2.24) is 0 Å². The lowest BCUT2D eigenvalue weighted by Gasteiger charge is -2.24. The first-order valence-electron chi connectivity index (χ1n) is 7.50. The van der Waals surface area contributed by atoms with Gasteiger partial charge in [0.05, 0.1) is 4.92 Å². The summed E-state index contributed by atoms with van der Waals surface area (Å²) in [7, 11) is 0. The molecule has 0 aromatic heterocycles. The molecule has 0 amide bonds. The molecule has 1 aliphatic carbocycles. The van der Waals surface area contributed by atoms with Crippen LogP contribution in [0.25, 0.3) is 0 Å². The standard InChI is InChI=1S/C16H20NO5/c1-12(11-13-5-3-2-4-6-13)21-16(18)22-15-9-7-14(8-10-15)17(19)20/h7-10,12-13H,1-6,11H2. The van der Waals surface area contributed by atoms with Gasteiger partial charge in [0.1, 0.15) is 11.9 Å². The van der Waals surface area contributed by atoms with Gasteiger partial charge in [-0.3, -0.25) is 10.1 Å². The van der Waals surface area contributed by atoms with Crippen molar-refractivity contribution in [3.63, 3.8) is 0 Å². The van der Waals surface area contributed by atoms with Gasteiger partial charge in [0, 0.05) is 12.1 Å². The molecule has 0 heterocycles. The number of nitro groups is 1. The Hall–Kier alpha value is -2.11. The summed E-state index contributed by atoms with van der Waals surface area (Å²) in [5.74, 6) is 0.767. The van der Waals surface area contributed by atoms with E-state index in [2.05, 4.69) is 6.92 Å². The zero-order valence-corrected chi connectivity index (χ0v) is 12.4. The summed E-state index contributed by atoms with van der Waals surface area (Å²) >= 11 is 0. The first-order valence-corrected chi connectivity index (χ1v) is 7.50. The number of hydrogen-bond acceptors (Lipinski definition) is 5. The lowest BCUT2D eigenvalue weighted by molar-refractivity contribution is -0.384. The van der Waals surface area contributed by atoms with Crippen LogP contribution in [0.4, 0.5) is 10.5 Å². The summed E-state index contributed by atoms with van der Waals surface area (Å²) in [5.41, 5.74) is -0.0620. The largest absolute Gasteiger partial charge is 0.514 e. The van der Waals surface area contributed by atoms with Crippen molar-refractivity contribution in [3.05, 3.63) is 41.3 Å². The second-order valence-electron chi connectivity index (χ2n) is 5.58. The SMILES string of the molecule is [CH2]C(CC1CCCCC1)OC(=O)Oc1ccc([N+](=O)[O-])cc1. The quantitative estimate of drug-likeness (QED) is 0.351. The van der Waals surface area contributed by atoms with E-state index < -0.39 is 17.2 Å². The average molecular weight is 306 g/mol. The average Bonchev–Trinajstić information content (AvgIpc) is 2.48. The van der Waals surface area contributed by atoms with E-state index in [4.69, 9.17) is 9.47 Å². The molecule has 1 unspecified atom stereocenters. The monoisotopic (exact) mass is 306 g/mol. The molecule has 22 heavy (non-hydrogen) atoms. The number of nitro benzene ring substituents is 1. The van der Waals surface area contributed by atoms with Gasteiger partial charge in [0.15, 0.2) is 0 Å². The van der Waals surface area contributed by atoms with E-state index >= 15 is 0 Å². The molecular formula is C16H20NO5. The second kappa shape index (κ2) is 7.77. The number of nitrogens with zero attached hydrogens (tertiary/aromatic N) is 1. The van der Waals surface area contributed by atoms with Crippen LogP contribution >= 0.6 is 0 Å². The summed E-state index contributed by atoms with van der Waals surface area (Å²) in [6.07, 6.45) is 5.53. The Morgan fingerprint density at radius 1 is 1.27 bits per heavy atom. The van der Waals surface area contributed by atoms with Gasteiger partial charge >= 0.3 is 6.16 Å². The normalized spacial score (nSPS) is 16.8. The highest BCUT2D eigenvalue weighted by atomic mass is 16.7. The first-order chi connectivity index (χ1) is 10.5. The molecule has 1 radical (unpaired) electrons. The van der Waals surface area contributed by atoms with Crippen molar-refractivity contribution in [2.75, 3.05) is 0 Å². The molecule has 0 aliphatic heterocycles. The van der Waals surface area contributed by atoms with Crippen LogP contribution in [-0.2, 0) is 4.74 Å². The van der Waals surface area contributed by atoms with Crippen LogP contribution in [0.5, 0.6) is 5.75 Å². The zero-order chi connectivity index (χ0) is 15.9. The highest BCUT2D eigenvalue weighted by Gasteiger charge is 2.19. The minimum absolute atomic E-state index is 0.0620. The van der Waals surface area contributed by atoms with E-state index in [1.807, 2.05) is 0 Å². The summed E-state index contributed by atoms with van der Waals surface area (Å²) in [5, 5.41) is 10.5. The Bertz CT molecular complexity index is 508. The van der Waals surface area contributed by atoms with Gasteiger partial charge in [0.2, 0.25) is 0 Å². The molecule has 119 valence electrons. The molecule has 0 spiro atoms. The van der Waals surface area contributed by atoms with Gasteiger partial charge < -0.3 is 9.47 Å². The molecular weight excluding hydrogens is 286 g/mol. The minimum atomic E-state index is -0.829. The summed E-state index contributed by atoms with van der Waals surface area (Å²) < 4.78 is 10.1. The van der Waals surface area contributed by atoms with E-state index in [-0.39, 0.29) is 11.4 Å². The molecule has 0 saturated heterocycles. The van der Waals surface area contributed by atoms with Gasteiger partial charge in [-0.2, -0.15) is 0 Å². The molecule has 6 nitrogen and oxygen atoms in total. The molecule has 1 aliphatic rings. The van der Waals surface area contributed by atoms with Crippen LogP contribution < -0.4 is 4.74 Å². The van der Waals surface area contributed by atoms with Crippen LogP contribution in [-0.4, -0.2) is 17.2 Å². The lowest BCUT2D eigenvalue weighted by atomic mass is 9.86. The van der Waals surface area contributed by atoms with Crippen molar-refractivity contribution < 1.29 is 19.2 Å². The van der Waals surface area contributed by atoms with E-state index in [1.54, 1.807) is 0 Å². The van der Waals surface area contributed by atoms with Gasteiger partial charge in [-0.05, 0) is 31.4 Å². The van der Waals surface area contributed by atoms with Crippen molar-refractivity contribution in [3.8, 4) is 5.75 Å². The minimum Gasteiger partial charge on any atom is -0.431 e. The van der Waals surface area contributed by atoms with Gasteiger partial charge in [-0.15, -0.1) is 0 Å². The lowest BCUT2D eigenvalue weighted by Crippen LogP contribution is -2.22. The van der Waals surface area contributed by atoms with Crippen LogP contribution in [0.1, 0.15) is 38.5 Å². The Morgan fingerprint density at radius 3 is 2.50 bits per heavy atom. The molecule has 6 heteroatoms. The Kier molecular flexibility index (Phi) is 5.75. The first kappa shape index (κ1) is 16.3. The van der Waals surface area contributed by atoms with Crippen LogP contribution in [0, 0.1) is 23.0 Å². The molecule has 1 aromatic rings. The van der Waals surface area contributed by atoms with Gasteiger partial charge in [0.25, 0.3) is 5.69 Å². The topological polar surface area (TPSA) is 78.7 Å². The highest BCUT2D eigenvalue weighted by Crippen LogP contribution is 2.28. The number of non-ortho nitro benzene ring substituents is 1. The third-order valence-electron chi connectivity index (χ3n) is 3.83. The van der Waals surface area contributed by atoms with E-state index in [0.717, 1.165) is 19.3 Å². The van der Waals surface area contributed by atoms with E-state index in [9.17, 15) is 14.9 Å². The highest BCUT2D eigenvalue weighted by molar-refractivity contribution is 5.64. The summed E-state index contributed by atoms with van der Waals surface area (Å²) in [4.78, 5) is 21.7. The maximum atomic E-state index is 11.7. The van der Waals surface area contributed by atoms with Gasteiger partial charge in [-0.25, -0.2) is 4.79 Å². The molecule has 2 rings (SSSR count). The van der Waals surface area contributed by atoms with Crippen molar-refractivity contribution in [2.45, 2.75) is 44.6 Å². The molecule has 1 fully saturated rings. The maximum Gasteiger partial charge on any atom is 0.514 e. The van der Waals surface area contributed by atoms with Crippen LogP contribution in [0.2, 0.25) is 0 Å². The predicted molar refractivity (Wildman–Crippen MR) is 80.5 cm³/mol. The van der Waals surface area contributed by atoms with Crippen molar-refractivity contribution in [2.24, 2.45) is 5.92 Å². The van der Waals surface area contributed by atoms with Crippen molar-refractivity contribution in [1.29, 1.82) is 0 Å². The fraction of sp³-hybridized carbons (Fsp3) is 0.500. The number of benzene rings is 1. The molecule has 1 atom stereocenters.